The van der Waals surface area contributed by atoms with E-state index in [4.69, 9.17) is 11.6 Å². The monoisotopic (exact) mass is 307 g/mol. The van der Waals surface area contributed by atoms with Crippen molar-refractivity contribution in [3.63, 3.8) is 0 Å². The number of benzene rings is 1. The third-order valence-electron chi connectivity index (χ3n) is 2.70. The van der Waals surface area contributed by atoms with Crippen LogP contribution in [0, 0.1) is 0 Å². The van der Waals surface area contributed by atoms with E-state index in [0.717, 1.165) is 16.0 Å². The molecule has 0 bridgehead atoms. The first-order valence-electron chi connectivity index (χ1n) is 5.72. The quantitative estimate of drug-likeness (QED) is 0.740. The molecule has 19 heavy (non-hydrogen) atoms. The highest BCUT2D eigenvalue weighted by Gasteiger charge is 2.07. The van der Waals surface area contributed by atoms with Crippen LogP contribution >= 0.6 is 34.3 Å². The highest BCUT2D eigenvalue weighted by atomic mass is 35.5. The Morgan fingerprint density at radius 3 is 2.89 bits per heavy atom. The Balaban J connectivity index is 1.71. The number of nitrogens with one attached hydrogen (secondary N) is 1. The Kier molecular flexibility index (Phi) is 3.55. The number of anilines is 1. The number of fused-ring (bicyclic) bond motifs is 1. The van der Waals surface area contributed by atoms with E-state index in [9.17, 15) is 4.79 Å². The molecule has 2 aromatic heterocycles. The minimum absolute atomic E-state index is 0.0203. The fourth-order valence-electron chi connectivity index (χ4n) is 1.85. The van der Waals surface area contributed by atoms with Crippen LogP contribution in [0.2, 0.25) is 4.34 Å². The third-order valence-corrected chi connectivity index (χ3v) is 4.83. The number of thiophene rings is 2. The summed E-state index contributed by atoms with van der Waals surface area (Å²) in [6, 6.07) is 11.7. The fourth-order valence-corrected chi connectivity index (χ4v) is 3.71. The summed E-state index contributed by atoms with van der Waals surface area (Å²) in [5.41, 5.74) is 0.832. The second-order valence-electron chi connectivity index (χ2n) is 4.10. The van der Waals surface area contributed by atoms with Gasteiger partial charge in [0.15, 0.2) is 0 Å². The van der Waals surface area contributed by atoms with E-state index in [1.807, 2.05) is 35.7 Å². The lowest BCUT2D eigenvalue weighted by Crippen LogP contribution is -2.13. The molecule has 5 heteroatoms. The minimum atomic E-state index is -0.0203. The lowest BCUT2D eigenvalue weighted by Gasteiger charge is -2.04. The van der Waals surface area contributed by atoms with E-state index in [0.29, 0.717) is 10.8 Å². The maximum Gasteiger partial charge on any atom is 0.229 e. The number of halogens is 1. The van der Waals surface area contributed by atoms with E-state index in [2.05, 4.69) is 11.4 Å². The summed E-state index contributed by atoms with van der Waals surface area (Å²) in [6.07, 6.45) is 0.360. The van der Waals surface area contributed by atoms with Crippen molar-refractivity contribution in [2.75, 3.05) is 5.32 Å². The van der Waals surface area contributed by atoms with Gasteiger partial charge < -0.3 is 5.32 Å². The molecule has 1 aromatic carbocycles. The Morgan fingerprint density at radius 2 is 2.11 bits per heavy atom. The van der Waals surface area contributed by atoms with Gasteiger partial charge in [0, 0.05) is 15.3 Å². The number of carbonyl (C=O) groups excluding carboxylic acids is 1. The maximum atomic E-state index is 11.9. The molecular weight excluding hydrogens is 298 g/mol. The molecule has 1 N–H and O–H groups in total. The summed E-state index contributed by atoms with van der Waals surface area (Å²) >= 11 is 8.98. The minimum Gasteiger partial charge on any atom is -0.326 e. The second kappa shape index (κ2) is 5.33. The maximum absolute atomic E-state index is 11.9. The Bertz CT molecular complexity index is 732. The molecule has 0 aliphatic rings. The molecule has 2 heterocycles. The second-order valence-corrected chi connectivity index (χ2v) is 6.85. The smallest absolute Gasteiger partial charge is 0.229 e. The molecule has 0 aliphatic carbocycles. The van der Waals surface area contributed by atoms with Crippen LogP contribution in [0.25, 0.3) is 10.1 Å². The molecule has 2 nitrogen and oxygen atoms in total. The molecule has 3 aromatic rings. The van der Waals surface area contributed by atoms with Gasteiger partial charge in [0.05, 0.1) is 10.8 Å². The van der Waals surface area contributed by atoms with Crippen LogP contribution in [0.5, 0.6) is 0 Å². The zero-order chi connectivity index (χ0) is 13.2. The summed E-state index contributed by atoms with van der Waals surface area (Å²) in [5.74, 6) is -0.0203. The molecule has 0 aliphatic heterocycles. The van der Waals surface area contributed by atoms with Crippen LogP contribution in [0.4, 0.5) is 5.69 Å². The number of hydrogen-bond acceptors (Lipinski definition) is 3. The lowest BCUT2D eigenvalue weighted by atomic mass is 10.2. The topological polar surface area (TPSA) is 29.1 Å². The molecule has 0 saturated heterocycles. The van der Waals surface area contributed by atoms with Gasteiger partial charge in [0.2, 0.25) is 5.91 Å². The van der Waals surface area contributed by atoms with Gasteiger partial charge in [-0.05, 0) is 47.2 Å². The molecule has 96 valence electrons. The molecule has 0 unspecified atom stereocenters. The normalized spacial score (nSPS) is 10.8. The molecule has 0 radical (unpaired) electrons. The zero-order valence-electron chi connectivity index (χ0n) is 9.85. The highest BCUT2D eigenvalue weighted by molar-refractivity contribution is 7.17. The van der Waals surface area contributed by atoms with Crippen LogP contribution in [0.1, 0.15) is 4.88 Å². The summed E-state index contributed by atoms with van der Waals surface area (Å²) in [4.78, 5) is 12.9. The first-order valence-corrected chi connectivity index (χ1v) is 7.79. The summed E-state index contributed by atoms with van der Waals surface area (Å²) in [6.45, 7) is 0. The lowest BCUT2D eigenvalue weighted by molar-refractivity contribution is -0.115. The Labute approximate surface area is 123 Å². The van der Waals surface area contributed by atoms with Crippen LogP contribution in [-0.2, 0) is 11.2 Å². The van der Waals surface area contributed by atoms with Gasteiger partial charge in [-0.3, -0.25) is 4.79 Å². The highest BCUT2D eigenvalue weighted by Crippen LogP contribution is 2.25. The van der Waals surface area contributed by atoms with Crippen molar-refractivity contribution in [1.29, 1.82) is 0 Å². The van der Waals surface area contributed by atoms with E-state index >= 15 is 0 Å². The van der Waals surface area contributed by atoms with Crippen molar-refractivity contribution in [1.82, 2.24) is 0 Å². The van der Waals surface area contributed by atoms with Gasteiger partial charge in [0.1, 0.15) is 0 Å². The summed E-state index contributed by atoms with van der Waals surface area (Å²) in [7, 11) is 0. The van der Waals surface area contributed by atoms with Gasteiger partial charge in [-0.2, -0.15) is 0 Å². The van der Waals surface area contributed by atoms with Crippen molar-refractivity contribution in [3.05, 3.63) is 51.0 Å². The predicted octanol–water partition coefficient (Wildman–Crippen LogP) is 4.80. The molecule has 3 rings (SSSR count). The van der Waals surface area contributed by atoms with Gasteiger partial charge in [-0.15, -0.1) is 22.7 Å². The first kappa shape index (κ1) is 12.7. The van der Waals surface area contributed by atoms with E-state index in [1.54, 1.807) is 11.3 Å². The van der Waals surface area contributed by atoms with Crippen molar-refractivity contribution in [2.45, 2.75) is 6.42 Å². The molecule has 0 atom stereocenters. The number of hydrogen-bond donors (Lipinski definition) is 1. The third kappa shape index (κ3) is 2.97. The SMILES string of the molecule is O=C(Cc1ccc(Cl)s1)Nc1ccc2sccc2c1. The summed E-state index contributed by atoms with van der Waals surface area (Å²) < 4.78 is 1.94. The number of rotatable bonds is 3. The molecule has 1 amide bonds. The van der Waals surface area contributed by atoms with Crippen LogP contribution in [0.15, 0.2) is 41.8 Å². The first-order chi connectivity index (χ1) is 9.20. The standard InChI is InChI=1S/C14H10ClNOS2/c15-13-4-2-11(19-13)8-14(17)16-10-1-3-12-9(7-10)5-6-18-12/h1-7H,8H2,(H,16,17). The van der Waals surface area contributed by atoms with Crippen molar-refractivity contribution in [3.8, 4) is 0 Å². The fraction of sp³-hybridized carbons (Fsp3) is 0.0714. The van der Waals surface area contributed by atoms with E-state index < -0.39 is 0 Å². The van der Waals surface area contributed by atoms with Gasteiger partial charge in [0.25, 0.3) is 0 Å². The number of amides is 1. The van der Waals surface area contributed by atoms with Crippen LogP contribution in [0.3, 0.4) is 0 Å². The average Bonchev–Trinajstić information content (AvgIpc) is 2.97. The van der Waals surface area contributed by atoms with Crippen molar-refractivity contribution in [2.24, 2.45) is 0 Å². The number of carbonyl (C=O) groups is 1. The largest absolute Gasteiger partial charge is 0.326 e. The van der Waals surface area contributed by atoms with Gasteiger partial charge >= 0.3 is 0 Å². The Hall–Kier alpha value is -1.36. The summed E-state index contributed by atoms with van der Waals surface area (Å²) in [5, 5.41) is 6.11. The van der Waals surface area contributed by atoms with Crippen molar-refractivity contribution >= 4 is 56.0 Å². The van der Waals surface area contributed by atoms with Crippen LogP contribution < -0.4 is 5.32 Å². The molecular formula is C14H10ClNOS2. The predicted molar refractivity (Wildman–Crippen MR) is 83.5 cm³/mol. The van der Waals surface area contributed by atoms with Gasteiger partial charge in [-0.1, -0.05) is 11.6 Å². The van der Waals surface area contributed by atoms with E-state index in [1.165, 1.54) is 16.0 Å². The molecule has 0 spiro atoms. The van der Waals surface area contributed by atoms with Gasteiger partial charge in [-0.25, -0.2) is 0 Å². The van der Waals surface area contributed by atoms with E-state index in [-0.39, 0.29) is 5.91 Å². The molecule has 0 saturated carbocycles. The van der Waals surface area contributed by atoms with Crippen LogP contribution in [-0.4, -0.2) is 5.91 Å². The molecule has 0 fully saturated rings. The zero-order valence-corrected chi connectivity index (χ0v) is 12.2. The Morgan fingerprint density at radius 1 is 1.21 bits per heavy atom. The van der Waals surface area contributed by atoms with Crippen molar-refractivity contribution < 1.29 is 4.79 Å². The average molecular weight is 308 g/mol.